The molecule has 1 heterocycles. The molecule has 0 aliphatic carbocycles. The first-order chi connectivity index (χ1) is 13.7. The smallest absolute Gasteiger partial charge is 0.290 e. The fourth-order valence-corrected chi connectivity index (χ4v) is 3.43. The van der Waals surface area contributed by atoms with Crippen LogP contribution in [0.1, 0.15) is 28.5 Å². The van der Waals surface area contributed by atoms with Gasteiger partial charge in [-0.3, -0.25) is 4.79 Å². The number of ether oxygens (including phenoxy) is 2. The summed E-state index contributed by atoms with van der Waals surface area (Å²) in [7, 11) is 3.12. The predicted octanol–water partition coefficient (Wildman–Crippen LogP) is 4.15. The Morgan fingerprint density at radius 3 is 2.64 bits per heavy atom. The summed E-state index contributed by atoms with van der Waals surface area (Å²) in [6.45, 7) is 2.11. The molecule has 144 valence electrons. The van der Waals surface area contributed by atoms with Crippen LogP contribution in [0.15, 0.2) is 52.9 Å². The first-order valence-corrected chi connectivity index (χ1v) is 9.63. The van der Waals surface area contributed by atoms with Gasteiger partial charge in [0.2, 0.25) is 0 Å². The summed E-state index contributed by atoms with van der Waals surface area (Å²) in [6, 6.07) is 13.6. The third-order valence-electron chi connectivity index (χ3n) is 4.15. The van der Waals surface area contributed by atoms with Gasteiger partial charge in [0.25, 0.3) is 5.91 Å². The number of aryl methyl sites for hydroxylation is 1. The molecule has 0 radical (unpaired) electrons. The van der Waals surface area contributed by atoms with Crippen LogP contribution in [0.2, 0.25) is 0 Å². The average Bonchev–Trinajstić information content (AvgIpc) is 3.24. The van der Waals surface area contributed by atoms with E-state index in [1.54, 1.807) is 25.7 Å². The highest BCUT2D eigenvalue weighted by atomic mass is 32.1. The van der Waals surface area contributed by atoms with E-state index in [0.717, 1.165) is 17.0 Å². The van der Waals surface area contributed by atoms with E-state index in [1.165, 1.54) is 23.1 Å². The van der Waals surface area contributed by atoms with Crippen molar-refractivity contribution in [1.29, 1.82) is 0 Å². The maximum atomic E-state index is 12.3. The highest BCUT2D eigenvalue weighted by Gasteiger charge is 2.12. The van der Waals surface area contributed by atoms with Gasteiger partial charge in [-0.25, -0.2) is 10.4 Å². The van der Waals surface area contributed by atoms with Gasteiger partial charge in [-0.2, -0.15) is 5.10 Å². The van der Waals surface area contributed by atoms with Gasteiger partial charge < -0.3 is 9.47 Å². The quantitative estimate of drug-likeness (QED) is 0.482. The molecule has 0 atom stereocenters. The Morgan fingerprint density at radius 2 is 1.96 bits per heavy atom. The molecule has 3 aromatic rings. The molecule has 0 aliphatic rings. The van der Waals surface area contributed by atoms with Crippen LogP contribution in [-0.4, -0.2) is 31.3 Å². The van der Waals surface area contributed by atoms with Gasteiger partial charge in [0, 0.05) is 16.5 Å². The van der Waals surface area contributed by atoms with E-state index < -0.39 is 0 Å². The van der Waals surface area contributed by atoms with Gasteiger partial charge in [-0.1, -0.05) is 37.3 Å². The number of carbonyl (C=O) groups is 1. The molecule has 28 heavy (non-hydrogen) atoms. The van der Waals surface area contributed by atoms with Crippen LogP contribution in [0.5, 0.6) is 11.5 Å². The second-order valence-electron chi connectivity index (χ2n) is 5.87. The Bertz CT molecular complexity index is 981. The molecule has 7 heteroatoms. The maximum absolute atomic E-state index is 12.3. The summed E-state index contributed by atoms with van der Waals surface area (Å²) >= 11 is 1.42. The summed E-state index contributed by atoms with van der Waals surface area (Å²) in [5.41, 5.74) is 5.77. The van der Waals surface area contributed by atoms with Crippen molar-refractivity contribution in [2.24, 2.45) is 5.10 Å². The molecule has 3 rings (SSSR count). The van der Waals surface area contributed by atoms with E-state index in [-0.39, 0.29) is 5.91 Å². The predicted molar refractivity (Wildman–Crippen MR) is 112 cm³/mol. The number of carbonyl (C=O) groups excluding carboxylic acids is 1. The number of hydrogen-bond donors (Lipinski definition) is 1. The number of thiazole rings is 1. The van der Waals surface area contributed by atoms with Gasteiger partial charge in [0.15, 0.2) is 11.5 Å². The van der Waals surface area contributed by atoms with Crippen LogP contribution in [0.3, 0.4) is 0 Å². The van der Waals surface area contributed by atoms with E-state index in [0.29, 0.717) is 22.8 Å². The monoisotopic (exact) mass is 395 g/mol. The molecule has 2 aromatic carbocycles. The lowest BCUT2D eigenvalue weighted by molar-refractivity contribution is 0.0951. The van der Waals surface area contributed by atoms with Crippen molar-refractivity contribution in [2.75, 3.05) is 14.2 Å². The van der Waals surface area contributed by atoms with E-state index in [1.807, 2.05) is 24.3 Å². The number of hydrogen-bond acceptors (Lipinski definition) is 6. The van der Waals surface area contributed by atoms with Crippen molar-refractivity contribution < 1.29 is 14.3 Å². The Kier molecular flexibility index (Phi) is 6.39. The standard InChI is InChI=1S/C21H21N3O3S/c1-4-14-8-10-15(11-9-14)21-23-17(13-28-21)20(25)24-22-12-16-6-5-7-18(26-2)19(16)27-3/h5-13H,4H2,1-3H3,(H,24,25)/b22-12-. The fraction of sp³-hybridized carbons (Fsp3) is 0.190. The molecule has 0 saturated heterocycles. The minimum atomic E-state index is -0.370. The minimum Gasteiger partial charge on any atom is -0.493 e. The highest BCUT2D eigenvalue weighted by molar-refractivity contribution is 7.13. The molecule has 0 fully saturated rings. The number of amides is 1. The summed E-state index contributed by atoms with van der Waals surface area (Å²) in [4.78, 5) is 16.7. The normalized spacial score (nSPS) is 10.8. The third-order valence-corrected chi connectivity index (χ3v) is 5.04. The number of hydrazone groups is 1. The van der Waals surface area contributed by atoms with E-state index in [2.05, 4.69) is 34.6 Å². The molecule has 0 bridgehead atoms. The van der Waals surface area contributed by atoms with Gasteiger partial charge in [0.05, 0.1) is 20.4 Å². The number of nitrogens with zero attached hydrogens (tertiary/aromatic N) is 2. The first kappa shape index (κ1) is 19.6. The zero-order valence-corrected chi connectivity index (χ0v) is 16.7. The minimum absolute atomic E-state index is 0.328. The fourth-order valence-electron chi connectivity index (χ4n) is 2.63. The van der Waals surface area contributed by atoms with E-state index in [4.69, 9.17) is 9.47 Å². The molecule has 0 aliphatic heterocycles. The van der Waals surface area contributed by atoms with Crippen LogP contribution >= 0.6 is 11.3 Å². The number of para-hydroxylation sites is 1. The Morgan fingerprint density at radius 1 is 1.18 bits per heavy atom. The second kappa shape index (κ2) is 9.14. The van der Waals surface area contributed by atoms with Gasteiger partial charge >= 0.3 is 0 Å². The van der Waals surface area contributed by atoms with Gasteiger partial charge in [-0.05, 0) is 24.1 Å². The SMILES string of the molecule is CCc1ccc(-c2nc(C(=O)N/N=C\c3cccc(OC)c3OC)cs2)cc1. The lowest BCUT2D eigenvalue weighted by Crippen LogP contribution is -2.18. The molecule has 1 N–H and O–H groups in total. The summed E-state index contributed by atoms with van der Waals surface area (Å²) < 4.78 is 10.6. The van der Waals surface area contributed by atoms with Crippen LogP contribution in [0, 0.1) is 0 Å². The van der Waals surface area contributed by atoms with Gasteiger partial charge in [-0.15, -0.1) is 11.3 Å². The topological polar surface area (TPSA) is 72.8 Å². The van der Waals surface area contributed by atoms with Gasteiger partial charge in [0.1, 0.15) is 10.7 Å². The van der Waals surface area contributed by atoms with Crippen molar-refractivity contribution in [2.45, 2.75) is 13.3 Å². The van der Waals surface area contributed by atoms with Crippen molar-refractivity contribution in [3.63, 3.8) is 0 Å². The van der Waals surface area contributed by atoms with Crippen LogP contribution in [0.4, 0.5) is 0 Å². The zero-order chi connectivity index (χ0) is 19.9. The van der Waals surface area contributed by atoms with Crippen LogP contribution in [-0.2, 0) is 6.42 Å². The second-order valence-corrected chi connectivity index (χ2v) is 6.73. The van der Waals surface area contributed by atoms with Crippen molar-refractivity contribution in [1.82, 2.24) is 10.4 Å². The van der Waals surface area contributed by atoms with Crippen LogP contribution in [0.25, 0.3) is 10.6 Å². The molecule has 1 aromatic heterocycles. The molecule has 1 amide bonds. The maximum Gasteiger partial charge on any atom is 0.290 e. The number of aromatic nitrogens is 1. The average molecular weight is 395 g/mol. The number of benzene rings is 2. The summed E-state index contributed by atoms with van der Waals surface area (Å²) in [5.74, 6) is 0.774. The lowest BCUT2D eigenvalue weighted by Gasteiger charge is -2.09. The first-order valence-electron chi connectivity index (χ1n) is 8.75. The lowest BCUT2D eigenvalue weighted by atomic mass is 10.1. The Labute approximate surface area is 167 Å². The highest BCUT2D eigenvalue weighted by Crippen LogP contribution is 2.29. The number of nitrogens with one attached hydrogen (secondary N) is 1. The van der Waals surface area contributed by atoms with Crippen molar-refractivity contribution in [3.05, 3.63) is 64.7 Å². The molecule has 6 nitrogen and oxygen atoms in total. The van der Waals surface area contributed by atoms with Crippen molar-refractivity contribution in [3.8, 4) is 22.1 Å². The molecular formula is C21H21N3O3S. The zero-order valence-electron chi connectivity index (χ0n) is 15.9. The van der Waals surface area contributed by atoms with Crippen molar-refractivity contribution >= 4 is 23.5 Å². The molecule has 0 unspecified atom stereocenters. The Balaban J connectivity index is 1.69. The number of methoxy groups -OCH3 is 2. The third kappa shape index (κ3) is 4.37. The Hall–Kier alpha value is -3.19. The molecular weight excluding hydrogens is 374 g/mol. The number of rotatable bonds is 7. The molecule has 0 saturated carbocycles. The van der Waals surface area contributed by atoms with E-state index >= 15 is 0 Å². The summed E-state index contributed by atoms with van der Waals surface area (Å²) in [6.07, 6.45) is 2.50. The van der Waals surface area contributed by atoms with Crippen LogP contribution < -0.4 is 14.9 Å². The van der Waals surface area contributed by atoms with E-state index in [9.17, 15) is 4.79 Å². The molecule has 0 spiro atoms. The largest absolute Gasteiger partial charge is 0.493 e. The summed E-state index contributed by atoms with van der Waals surface area (Å²) in [5, 5.41) is 6.53.